The summed E-state index contributed by atoms with van der Waals surface area (Å²) in [6, 6.07) is 0.0559. The van der Waals surface area contributed by atoms with Crippen LogP contribution in [-0.4, -0.2) is 17.8 Å². The molecule has 0 aromatic carbocycles. The zero-order valence-electron chi connectivity index (χ0n) is 9.90. The van der Waals surface area contributed by atoms with Gasteiger partial charge in [-0.15, -0.1) is 0 Å². The lowest BCUT2D eigenvalue weighted by Gasteiger charge is -2.36. The van der Waals surface area contributed by atoms with Gasteiger partial charge in [0.2, 0.25) is 0 Å². The lowest BCUT2D eigenvalue weighted by molar-refractivity contribution is -0.169. The van der Waals surface area contributed by atoms with Crippen molar-refractivity contribution < 1.29 is 13.2 Å². The lowest BCUT2D eigenvalue weighted by Crippen LogP contribution is -2.52. The van der Waals surface area contributed by atoms with Gasteiger partial charge in [-0.25, -0.2) is 0 Å². The molecule has 1 N–H and O–H groups in total. The summed E-state index contributed by atoms with van der Waals surface area (Å²) in [5, 5.41) is 2.89. The molecule has 2 aliphatic carbocycles. The third kappa shape index (κ3) is 2.22. The molecule has 16 heavy (non-hydrogen) atoms. The van der Waals surface area contributed by atoms with E-state index in [1.165, 1.54) is 0 Å². The van der Waals surface area contributed by atoms with Crippen LogP contribution in [0.1, 0.15) is 46.0 Å². The summed E-state index contributed by atoms with van der Waals surface area (Å²) in [7, 11) is 0. The van der Waals surface area contributed by atoms with Crippen LogP contribution in [0.3, 0.4) is 0 Å². The molecule has 2 aliphatic rings. The molecule has 0 radical (unpaired) electrons. The van der Waals surface area contributed by atoms with Gasteiger partial charge in [0.05, 0.1) is 0 Å². The number of hydrogen-bond acceptors (Lipinski definition) is 1. The molecule has 0 aromatic rings. The normalized spacial score (nSPS) is 38.4. The SMILES string of the molecule is CC1CCC(NC2(C(F)(F)F)CC2)C(C)C1. The molecule has 4 heteroatoms. The molecule has 1 nitrogen and oxygen atoms in total. The van der Waals surface area contributed by atoms with Crippen molar-refractivity contribution in [2.75, 3.05) is 0 Å². The molecule has 0 heterocycles. The summed E-state index contributed by atoms with van der Waals surface area (Å²) in [6.45, 7) is 4.25. The maximum Gasteiger partial charge on any atom is 0.406 e. The predicted octanol–water partition coefficient (Wildman–Crippen LogP) is 3.50. The number of rotatable bonds is 2. The van der Waals surface area contributed by atoms with E-state index in [9.17, 15) is 13.2 Å². The molecule has 3 unspecified atom stereocenters. The van der Waals surface area contributed by atoms with E-state index < -0.39 is 11.7 Å². The highest BCUT2D eigenvalue weighted by molar-refractivity contribution is 5.09. The fourth-order valence-electron chi connectivity index (χ4n) is 2.87. The van der Waals surface area contributed by atoms with Crippen LogP contribution in [0.4, 0.5) is 13.2 Å². The first-order chi connectivity index (χ1) is 7.34. The van der Waals surface area contributed by atoms with Crippen molar-refractivity contribution in [1.29, 1.82) is 0 Å². The molecule has 3 atom stereocenters. The monoisotopic (exact) mass is 235 g/mol. The Labute approximate surface area is 94.8 Å². The van der Waals surface area contributed by atoms with Gasteiger partial charge < -0.3 is 5.32 Å². The van der Waals surface area contributed by atoms with E-state index in [0.29, 0.717) is 11.8 Å². The number of hydrogen-bond donors (Lipinski definition) is 1. The fraction of sp³-hybridized carbons (Fsp3) is 1.00. The molecular weight excluding hydrogens is 215 g/mol. The molecule has 0 aliphatic heterocycles. The third-order valence-corrected chi connectivity index (χ3v) is 4.19. The largest absolute Gasteiger partial charge is 0.406 e. The van der Waals surface area contributed by atoms with E-state index in [2.05, 4.69) is 19.2 Å². The van der Waals surface area contributed by atoms with Crippen LogP contribution in [0, 0.1) is 11.8 Å². The van der Waals surface area contributed by atoms with Crippen molar-refractivity contribution in [3.05, 3.63) is 0 Å². The van der Waals surface area contributed by atoms with Gasteiger partial charge >= 0.3 is 6.18 Å². The number of halogens is 3. The summed E-state index contributed by atoms with van der Waals surface area (Å²) in [5.41, 5.74) is -1.54. The van der Waals surface area contributed by atoms with Crippen molar-refractivity contribution >= 4 is 0 Å². The van der Waals surface area contributed by atoms with Crippen LogP contribution in [-0.2, 0) is 0 Å². The van der Waals surface area contributed by atoms with Crippen LogP contribution >= 0.6 is 0 Å². The Hall–Kier alpha value is -0.250. The van der Waals surface area contributed by atoms with Gasteiger partial charge in [-0.05, 0) is 43.9 Å². The predicted molar refractivity (Wildman–Crippen MR) is 57.1 cm³/mol. The number of nitrogens with one attached hydrogen (secondary N) is 1. The summed E-state index contributed by atoms with van der Waals surface area (Å²) in [5.74, 6) is 1.03. The van der Waals surface area contributed by atoms with E-state index in [4.69, 9.17) is 0 Å². The van der Waals surface area contributed by atoms with Gasteiger partial charge in [0.15, 0.2) is 0 Å². The summed E-state index contributed by atoms with van der Waals surface area (Å²) in [6.07, 6.45) is -0.567. The standard InChI is InChI=1S/C12H20F3N/c1-8-3-4-10(9(2)7-8)16-11(5-6-11)12(13,14)15/h8-10,16H,3-7H2,1-2H3. The lowest BCUT2D eigenvalue weighted by atomic mass is 9.79. The Morgan fingerprint density at radius 3 is 2.19 bits per heavy atom. The zero-order valence-corrected chi connectivity index (χ0v) is 9.90. The van der Waals surface area contributed by atoms with Crippen molar-refractivity contribution in [2.45, 2.75) is 63.7 Å². The maximum atomic E-state index is 12.8. The van der Waals surface area contributed by atoms with Gasteiger partial charge in [0.25, 0.3) is 0 Å². The van der Waals surface area contributed by atoms with Crippen molar-refractivity contribution in [2.24, 2.45) is 11.8 Å². The Morgan fingerprint density at radius 2 is 1.75 bits per heavy atom. The molecule has 94 valence electrons. The first-order valence-corrected chi connectivity index (χ1v) is 6.18. The van der Waals surface area contributed by atoms with Crippen LogP contribution in [0.15, 0.2) is 0 Å². The zero-order chi connectivity index (χ0) is 12.0. The van der Waals surface area contributed by atoms with E-state index in [-0.39, 0.29) is 18.9 Å². The topological polar surface area (TPSA) is 12.0 Å². The van der Waals surface area contributed by atoms with E-state index in [1.54, 1.807) is 0 Å². The summed E-state index contributed by atoms with van der Waals surface area (Å²) in [4.78, 5) is 0. The quantitative estimate of drug-likeness (QED) is 0.772. The third-order valence-electron chi connectivity index (χ3n) is 4.19. The molecule has 0 aromatic heterocycles. The minimum Gasteiger partial charge on any atom is -0.301 e. The average molecular weight is 235 g/mol. The minimum atomic E-state index is -4.07. The summed E-state index contributed by atoms with van der Waals surface area (Å²) < 4.78 is 38.4. The molecule has 2 fully saturated rings. The Balaban J connectivity index is 1.95. The molecule has 0 bridgehead atoms. The molecule has 0 spiro atoms. The van der Waals surface area contributed by atoms with Crippen LogP contribution in [0.2, 0.25) is 0 Å². The van der Waals surface area contributed by atoms with E-state index in [1.807, 2.05) is 0 Å². The molecule has 0 amide bonds. The summed E-state index contributed by atoms with van der Waals surface area (Å²) >= 11 is 0. The average Bonchev–Trinajstić information content (AvgIpc) is 2.90. The molecule has 0 saturated heterocycles. The van der Waals surface area contributed by atoms with Crippen molar-refractivity contribution in [3.8, 4) is 0 Å². The Morgan fingerprint density at radius 1 is 1.12 bits per heavy atom. The maximum absolute atomic E-state index is 12.8. The van der Waals surface area contributed by atoms with Crippen LogP contribution in [0.25, 0.3) is 0 Å². The van der Waals surface area contributed by atoms with Gasteiger partial charge in [-0.1, -0.05) is 13.8 Å². The second-order valence-electron chi connectivity index (χ2n) is 5.73. The smallest absolute Gasteiger partial charge is 0.301 e. The molecule has 2 saturated carbocycles. The molecule has 2 rings (SSSR count). The second-order valence-corrected chi connectivity index (χ2v) is 5.73. The Kier molecular flexibility index (Phi) is 2.97. The van der Waals surface area contributed by atoms with Crippen molar-refractivity contribution in [1.82, 2.24) is 5.32 Å². The second kappa shape index (κ2) is 3.90. The highest BCUT2D eigenvalue weighted by atomic mass is 19.4. The molecular formula is C12H20F3N. The Bertz CT molecular complexity index is 257. The minimum absolute atomic E-state index is 0.0559. The van der Waals surface area contributed by atoms with Gasteiger partial charge in [-0.3, -0.25) is 0 Å². The highest BCUT2D eigenvalue weighted by Gasteiger charge is 2.64. The van der Waals surface area contributed by atoms with E-state index in [0.717, 1.165) is 19.3 Å². The fourth-order valence-corrected chi connectivity index (χ4v) is 2.87. The van der Waals surface area contributed by atoms with Gasteiger partial charge in [0.1, 0.15) is 5.54 Å². The first kappa shape index (κ1) is 12.2. The highest BCUT2D eigenvalue weighted by Crippen LogP contribution is 2.50. The van der Waals surface area contributed by atoms with Gasteiger partial charge in [-0.2, -0.15) is 13.2 Å². The van der Waals surface area contributed by atoms with Gasteiger partial charge in [0, 0.05) is 6.04 Å². The first-order valence-electron chi connectivity index (χ1n) is 6.18. The van der Waals surface area contributed by atoms with E-state index >= 15 is 0 Å². The number of alkyl halides is 3. The van der Waals surface area contributed by atoms with Crippen molar-refractivity contribution in [3.63, 3.8) is 0 Å². The van der Waals surface area contributed by atoms with Crippen LogP contribution in [0.5, 0.6) is 0 Å². The van der Waals surface area contributed by atoms with Crippen LogP contribution < -0.4 is 5.32 Å².